The van der Waals surface area contributed by atoms with Crippen molar-refractivity contribution in [3.05, 3.63) is 71.3 Å². The number of aliphatic carboxylic acids is 1. The first-order chi connectivity index (χ1) is 12.9. The highest BCUT2D eigenvalue weighted by Crippen LogP contribution is 2.09. The maximum atomic E-state index is 13.2. The van der Waals surface area contributed by atoms with Crippen molar-refractivity contribution in [3.8, 4) is 0 Å². The van der Waals surface area contributed by atoms with E-state index in [-0.39, 0.29) is 19.0 Å². The van der Waals surface area contributed by atoms with Crippen molar-refractivity contribution in [3.63, 3.8) is 0 Å². The molecule has 0 bridgehead atoms. The van der Waals surface area contributed by atoms with Gasteiger partial charge in [-0.15, -0.1) is 0 Å². The van der Waals surface area contributed by atoms with Gasteiger partial charge in [-0.1, -0.05) is 36.4 Å². The van der Waals surface area contributed by atoms with Gasteiger partial charge in [0, 0.05) is 19.0 Å². The fourth-order valence-electron chi connectivity index (χ4n) is 2.67. The Balaban J connectivity index is 1.84. The molecule has 3 N–H and O–H groups in total. The molecule has 144 valence electrons. The Hall–Kier alpha value is -2.96. The van der Waals surface area contributed by atoms with E-state index < -0.39 is 23.6 Å². The van der Waals surface area contributed by atoms with Crippen molar-refractivity contribution in [1.29, 1.82) is 0 Å². The molecule has 7 heteroatoms. The minimum absolute atomic E-state index is 0.0490. The molecule has 1 atom stereocenters. The average Bonchev–Trinajstić information content (AvgIpc) is 2.63. The van der Waals surface area contributed by atoms with Crippen molar-refractivity contribution in [2.24, 2.45) is 0 Å². The number of rotatable bonds is 9. The SMILES string of the molecule is O=C(O)CCC(Cc1ccccc1)NC(=O)NCCc1ccc(F)c(F)c1. The van der Waals surface area contributed by atoms with Gasteiger partial charge < -0.3 is 15.7 Å². The number of urea groups is 1. The Morgan fingerprint density at radius 1 is 1.00 bits per heavy atom. The molecule has 27 heavy (non-hydrogen) atoms. The molecule has 2 aromatic carbocycles. The summed E-state index contributed by atoms with van der Waals surface area (Å²) in [4.78, 5) is 22.9. The molecule has 1 unspecified atom stereocenters. The number of carboxylic acid groups (broad SMARTS) is 1. The van der Waals surface area contributed by atoms with Gasteiger partial charge in [0.15, 0.2) is 11.6 Å². The number of benzene rings is 2. The number of carboxylic acids is 1. The smallest absolute Gasteiger partial charge is 0.315 e. The zero-order valence-corrected chi connectivity index (χ0v) is 14.8. The molecule has 0 saturated heterocycles. The summed E-state index contributed by atoms with van der Waals surface area (Å²) in [6, 6.07) is 12.3. The van der Waals surface area contributed by atoms with E-state index in [2.05, 4.69) is 10.6 Å². The van der Waals surface area contributed by atoms with E-state index in [0.29, 0.717) is 24.8 Å². The number of hydrogen-bond donors (Lipinski definition) is 3. The Labute approximate surface area is 156 Å². The first kappa shape index (κ1) is 20.4. The lowest BCUT2D eigenvalue weighted by atomic mass is 10.0. The zero-order valence-electron chi connectivity index (χ0n) is 14.8. The van der Waals surface area contributed by atoms with Crippen LogP contribution >= 0.6 is 0 Å². The van der Waals surface area contributed by atoms with Crippen LogP contribution in [0.25, 0.3) is 0 Å². The molecule has 5 nitrogen and oxygen atoms in total. The molecule has 0 aromatic heterocycles. The van der Waals surface area contributed by atoms with Crippen LogP contribution in [0, 0.1) is 11.6 Å². The highest BCUT2D eigenvalue weighted by Gasteiger charge is 2.14. The summed E-state index contributed by atoms with van der Waals surface area (Å²) in [6.45, 7) is 0.244. The van der Waals surface area contributed by atoms with Crippen LogP contribution in [0.1, 0.15) is 24.0 Å². The summed E-state index contributed by atoms with van der Waals surface area (Å²) in [7, 11) is 0. The summed E-state index contributed by atoms with van der Waals surface area (Å²) in [5.74, 6) is -2.76. The third kappa shape index (κ3) is 7.43. The first-order valence-electron chi connectivity index (χ1n) is 8.68. The molecule has 0 aliphatic heterocycles. The maximum absolute atomic E-state index is 13.2. The topological polar surface area (TPSA) is 78.4 Å². The minimum Gasteiger partial charge on any atom is -0.481 e. The summed E-state index contributed by atoms with van der Waals surface area (Å²) in [5, 5.41) is 14.3. The van der Waals surface area contributed by atoms with Crippen LogP contribution in [0.3, 0.4) is 0 Å². The molecule has 2 aromatic rings. The Morgan fingerprint density at radius 2 is 1.74 bits per heavy atom. The summed E-state index contributed by atoms with van der Waals surface area (Å²) < 4.78 is 26.1. The van der Waals surface area contributed by atoms with Gasteiger partial charge in [0.1, 0.15) is 0 Å². The molecule has 0 aliphatic carbocycles. The molecule has 0 spiro atoms. The van der Waals surface area contributed by atoms with Crippen molar-refractivity contribution in [2.75, 3.05) is 6.54 Å². The number of hydrogen-bond acceptors (Lipinski definition) is 2. The molecule has 0 heterocycles. The van der Waals surface area contributed by atoms with E-state index in [9.17, 15) is 18.4 Å². The van der Waals surface area contributed by atoms with Crippen LogP contribution < -0.4 is 10.6 Å². The van der Waals surface area contributed by atoms with Crippen LogP contribution in [-0.4, -0.2) is 29.7 Å². The molecule has 0 saturated carbocycles. The largest absolute Gasteiger partial charge is 0.481 e. The highest BCUT2D eigenvalue weighted by molar-refractivity contribution is 5.74. The molecular formula is C20H22F2N2O3. The molecule has 2 amide bonds. The zero-order chi connectivity index (χ0) is 19.6. The third-order valence-electron chi connectivity index (χ3n) is 4.05. The Morgan fingerprint density at radius 3 is 2.41 bits per heavy atom. The first-order valence-corrected chi connectivity index (χ1v) is 8.68. The van der Waals surface area contributed by atoms with E-state index in [1.54, 1.807) is 0 Å². The maximum Gasteiger partial charge on any atom is 0.315 e. The molecule has 2 rings (SSSR count). The van der Waals surface area contributed by atoms with Crippen LogP contribution in [0.4, 0.5) is 13.6 Å². The predicted molar refractivity (Wildman–Crippen MR) is 97.4 cm³/mol. The average molecular weight is 376 g/mol. The fraction of sp³-hybridized carbons (Fsp3) is 0.300. The standard InChI is InChI=1S/C20H22F2N2O3/c21-17-8-6-15(13-18(17)22)10-11-23-20(27)24-16(7-9-19(25)26)12-14-4-2-1-3-5-14/h1-6,8,13,16H,7,9-12H2,(H,25,26)(H2,23,24,27). The highest BCUT2D eigenvalue weighted by atomic mass is 19.2. The molecule has 0 aliphatic rings. The fourth-order valence-corrected chi connectivity index (χ4v) is 2.67. The number of carbonyl (C=O) groups is 2. The normalized spacial score (nSPS) is 11.6. The van der Waals surface area contributed by atoms with Gasteiger partial charge in [-0.3, -0.25) is 4.79 Å². The van der Waals surface area contributed by atoms with Crippen LogP contribution in [0.15, 0.2) is 48.5 Å². The lowest BCUT2D eigenvalue weighted by molar-refractivity contribution is -0.137. The summed E-state index contributed by atoms with van der Waals surface area (Å²) >= 11 is 0. The second kappa shape index (κ2) is 10.3. The molecular weight excluding hydrogens is 354 g/mol. The number of halogens is 2. The van der Waals surface area contributed by atoms with Crippen LogP contribution in [0.2, 0.25) is 0 Å². The van der Waals surface area contributed by atoms with Crippen molar-refractivity contribution < 1.29 is 23.5 Å². The summed E-state index contributed by atoms with van der Waals surface area (Å²) in [6.07, 6.45) is 1.13. The van der Waals surface area contributed by atoms with Gasteiger partial charge in [-0.25, -0.2) is 13.6 Å². The Bertz CT molecular complexity index is 769. The predicted octanol–water partition coefficient (Wildman–Crippen LogP) is 3.28. The molecule has 0 radical (unpaired) electrons. The third-order valence-corrected chi connectivity index (χ3v) is 4.05. The van der Waals surface area contributed by atoms with Crippen molar-refractivity contribution >= 4 is 12.0 Å². The van der Waals surface area contributed by atoms with Crippen molar-refractivity contribution in [1.82, 2.24) is 10.6 Å². The quantitative estimate of drug-likeness (QED) is 0.628. The summed E-state index contributed by atoms with van der Waals surface area (Å²) in [5.41, 5.74) is 1.57. The second-order valence-corrected chi connectivity index (χ2v) is 6.22. The monoisotopic (exact) mass is 376 g/mol. The van der Waals surface area contributed by atoms with Gasteiger partial charge in [-0.2, -0.15) is 0 Å². The number of carbonyl (C=O) groups excluding carboxylic acids is 1. The van der Waals surface area contributed by atoms with Gasteiger partial charge in [0.2, 0.25) is 0 Å². The lowest BCUT2D eigenvalue weighted by Gasteiger charge is -2.19. The Kier molecular flexibility index (Phi) is 7.73. The van der Waals surface area contributed by atoms with Crippen molar-refractivity contribution in [2.45, 2.75) is 31.7 Å². The van der Waals surface area contributed by atoms with Crippen LogP contribution in [-0.2, 0) is 17.6 Å². The second-order valence-electron chi connectivity index (χ2n) is 6.22. The van der Waals surface area contributed by atoms with Crippen LogP contribution in [0.5, 0.6) is 0 Å². The number of amides is 2. The van der Waals surface area contributed by atoms with Gasteiger partial charge >= 0.3 is 12.0 Å². The van der Waals surface area contributed by atoms with Gasteiger partial charge in [0.05, 0.1) is 0 Å². The van der Waals surface area contributed by atoms with E-state index in [4.69, 9.17) is 5.11 Å². The van der Waals surface area contributed by atoms with Gasteiger partial charge in [-0.05, 0) is 42.5 Å². The van der Waals surface area contributed by atoms with Gasteiger partial charge in [0.25, 0.3) is 0 Å². The molecule has 0 fully saturated rings. The van der Waals surface area contributed by atoms with E-state index in [0.717, 1.165) is 17.7 Å². The van der Waals surface area contributed by atoms with E-state index in [1.807, 2.05) is 30.3 Å². The van der Waals surface area contributed by atoms with E-state index in [1.165, 1.54) is 6.07 Å². The van der Waals surface area contributed by atoms with E-state index >= 15 is 0 Å². The minimum atomic E-state index is -0.923. The lowest BCUT2D eigenvalue weighted by Crippen LogP contribution is -2.44. The number of nitrogens with one attached hydrogen (secondary N) is 2.